The molecule has 2 amide bonds. The van der Waals surface area contributed by atoms with Gasteiger partial charge < -0.3 is 16.0 Å². The van der Waals surface area contributed by atoms with Crippen molar-refractivity contribution in [3.8, 4) is 6.07 Å². The molecule has 122 valence electrons. The molecule has 0 aromatic carbocycles. The van der Waals surface area contributed by atoms with Crippen LogP contribution in [0.25, 0.3) is 0 Å². The van der Waals surface area contributed by atoms with Gasteiger partial charge >= 0.3 is 0 Å². The molecule has 0 bridgehead atoms. The van der Waals surface area contributed by atoms with Gasteiger partial charge in [0, 0.05) is 18.5 Å². The highest BCUT2D eigenvalue weighted by Crippen LogP contribution is 2.31. The summed E-state index contributed by atoms with van der Waals surface area (Å²) in [5.41, 5.74) is -0.562. The second-order valence-corrected chi connectivity index (χ2v) is 7.72. The van der Waals surface area contributed by atoms with Crippen LogP contribution in [0.5, 0.6) is 0 Å². The van der Waals surface area contributed by atoms with Crippen molar-refractivity contribution in [2.75, 3.05) is 5.32 Å². The number of nitriles is 1. The van der Waals surface area contributed by atoms with Crippen molar-refractivity contribution >= 4 is 39.9 Å². The van der Waals surface area contributed by atoms with Gasteiger partial charge in [0.2, 0.25) is 11.8 Å². The van der Waals surface area contributed by atoms with E-state index in [1.807, 2.05) is 6.07 Å². The van der Waals surface area contributed by atoms with Crippen LogP contribution in [0.3, 0.4) is 0 Å². The van der Waals surface area contributed by atoms with Crippen LogP contribution >= 0.6 is 22.9 Å². The molecule has 2 heterocycles. The summed E-state index contributed by atoms with van der Waals surface area (Å²) >= 11 is 7.13. The molecule has 1 unspecified atom stereocenters. The van der Waals surface area contributed by atoms with E-state index in [1.54, 1.807) is 6.92 Å². The Kier molecular flexibility index (Phi) is 4.17. The Labute approximate surface area is 142 Å². The number of carbonyl (C=O) groups is 2. The van der Waals surface area contributed by atoms with E-state index in [1.165, 1.54) is 11.3 Å². The van der Waals surface area contributed by atoms with Gasteiger partial charge in [-0.05, 0) is 26.2 Å². The molecule has 1 aliphatic heterocycles. The van der Waals surface area contributed by atoms with Crippen molar-refractivity contribution in [3.05, 3.63) is 10.0 Å². The van der Waals surface area contributed by atoms with Gasteiger partial charge in [-0.1, -0.05) is 22.9 Å². The number of nitrogens with zero attached hydrogens (tertiary/aromatic N) is 2. The van der Waals surface area contributed by atoms with E-state index in [4.69, 9.17) is 16.9 Å². The number of thiazole rings is 1. The number of amides is 2. The zero-order valence-electron chi connectivity index (χ0n) is 12.5. The van der Waals surface area contributed by atoms with Crippen molar-refractivity contribution in [2.24, 2.45) is 0 Å². The van der Waals surface area contributed by atoms with E-state index in [2.05, 4.69) is 20.9 Å². The fourth-order valence-corrected chi connectivity index (χ4v) is 3.80. The third-order valence-electron chi connectivity index (χ3n) is 4.26. The Balaban J connectivity index is 1.47. The first-order valence-electron chi connectivity index (χ1n) is 7.34. The van der Waals surface area contributed by atoms with E-state index in [0.717, 1.165) is 12.8 Å². The smallest absolute Gasteiger partial charge is 0.245 e. The Hall–Kier alpha value is -1.85. The number of hydrogen-bond acceptors (Lipinski definition) is 6. The van der Waals surface area contributed by atoms with Gasteiger partial charge in [-0.2, -0.15) is 5.26 Å². The van der Waals surface area contributed by atoms with E-state index in [0.29, 0.717) is 22.3 Å². The lowest BCUT2D eigenvalue weighted by Crippen LogP contribution is -2.58. The monoisotopic (exact) mass is 353 g/mol. The standard InChI is InChI=1S/C14H16ClN5O2S/c1-14(3-2-10(21)20-14)12(22)17-7-4-8(5-7)18-13-19-9(6-16)11(15)23-13/h7-8H,2-5H2,1H3,(H,17,22)(H,18,19)(H,20,21). The van der Waals surface area contributed by atoms with Gasteiger partial charge in [-0.3, -0.25) is 9.59 Å². The van der Waals surface area contributed by atoms with E-state index in [9.17, 15) is 9.59 Å². The first-order chi connectivity index (χ1) is 10.9. The Morgan fingerprint density at radius 3 is 2.83 bits per heavy atom. The summed E-state index contributed by atoms with van der Waals surface area (Å²) < 4.78 is 0.379. The van der Waals surface area contributed by atoms with Crippen LogP contribution in [0.4, 0.5) is 5.13 Å². The molecule has 9 heteroatoms. The lowest BCUT2D eigenvalue weighted by Gasteiger charge is -2.38. The predicted molar refractivity (Wildman–Crippen MR) is 86.2 cm³/mol. The molecule has 1 atom stereocenters. The summed E-state index contributed by atoms with van der Waals surface area (Å²) in [7, 11) is 0. The zero-order chi connectivity index (χ0) is 16.6. The number of carbonyl (C=O) groups excluding carboxylic acids is 2. The first kappa shape index (κ1) is 16.0. The molecular weight excluding hydrogens is 338 g/mol. The number of aromatic nitrogens is 1. The molecule has 0 radical (unpaired) electrons. The molecule has 1 aromatic rings. The van der Waals surface area contributed by atoms with Crippen LogP contribution in [-0.2, 0) is 9.59 Å². The Bertz CT molecular complexity index is 694. The van der Waals surface area contributed by atoms with Gasteiger partial charge in [-0.15, -0.1) is 0 Å². The van der Waals surface area contributed by atoms with Gasteiger partial charge in [0.25, 0.3) is 0 Å². The van der Waals surface area contributed by atoms with Crippen molar-refractivity contribution in [1.29, 1.82) is 5.26 Å². The predicted octanol–water partition coefficient (Wildman–Crippen LogP) is 1.40. The maximum absolute atomic E-state index is 12.3. The average molecular weight is 354 g/mol. The molecule has 7 nitrogen and oxygen atoms in total. The number of halogens is 1. The second-order valence-electron chi connectivity index (χ2n) is 6.12. The summed E-state index contributed by atoms with van der Waals surface area (Å²) in [4.78, 5) is 27.7. The van der Waals surface area contributed by atoms with Crippen LogP contribution in [-0.4, -0.2) is 34.4 Å². The number of nitrogens with one attached hydrogen (secondary N) is 3. The SMILES string of the molecule is CC1(C(=O)NC2CC(Nc3nc(C#N)c(Cl)s3)C2)CCC(=O)N1. The van der Waals surface area contributed by atoms with E-state index >= 15 is 0 Å². The molecule has 3 N–H and O–H groups in total. The van der Waals surface area contributed by atoms with Crippen molar-refractivity contribution in [3.63, 3.8) is 0 Å². The summed E-state index contributed by atoms with van der Waals surface area (Å²) in [5.74, 6) is -0.208. The Morgan fingerprint density at radius 2 is 2.26 bits per heavy atom. The maximum Gasteiger partial charge on any atom is 0.245 e. The third kappa shape index (κ3) is 3.26. The third-order valence-corrected chi connectivity index (χ3v) is 5.45. The van der Waals surface area contributed by atoms with Gasteiger partial charge in [0.15, 0.2) is 10.8 Å². The summed E-state index contributed by atoms with van der Waals surface area (Å²) in [6.45, 7) is 1.75. The van der Waals surface area contributed by atoms with Gasteiger partial charge in [0.05, 0.1) is 0 Å². The highest BCUT2D eigenvalue weighted by molar-refractivity contribution is 7.19. The molecule has 3 rings (SSSR count). The molecule has 1 aromatic heterocycles. The summed E-state index contributed by atoms with van der Waals surface area (Å²) in [6, 6.07) is 2.21. The molecule has 0 spiro atoms. The molecule has 1 saturated heterocycles. The normalized spacial score (nSPS) is 29.3. The highest BCUT2D eigenvalue weighted by Gasteiger charge is 2.42. The second kappa shape index (κ2) is 5.98. The molecule has 1 aliphatic carbocycles. The number of rotatable bonds is 4. The molecule has 23 heavy (non-hydrogen) atoms. The van der Waals surface area contributed by atoms with Crippen molar-refractivity contribution < 1.29 is 9.59 Å². The summed E-state index contributed by atoms with van der Waals surface area (Å²) in [5, 5.41) is 18.4. The minimum absolute atomic E-state index is 0.0789. The van der Waals surface area contributed by atoms with Gasteiger partial charge in [-0.25, -0.2) is 4.98 Å². The maximum atomic E-state index is 12.3. The van der Waals surface area contributed by atoms with Crippen LogP contribution in [0.2, 0.25) is 4.34 Å². The summed E-state index contributed by atoms with van der Waals surface area (Å²) in [6.07, 6.45) is 2.47. The van der Waals surface area contributed by atoms with Crippen LogP contribution < -0.4 is 16.0 Å². The van der Waals surface area contributed by atoms with E-state index < -0.39 is 5.54 Å². The van der Waals surface area contributed by atoms with Crippen LogP contribution in [0.15, 0.2) is 0 Å². The molecule has 2 aliphatic rings. The number of anilines is 1. The van der Waals surface area contributed by atoms with Crippen LogP contribution in [0, 0.1) is 11.3 Å². The number of hydrogen-bond donors (Lipinski definition) is 3. The average Bonchev–Trinajstić information content (AvgIpc) is 2.99. The minimum atomic E-state index is -0.792. The van der Waals surface area contributed by atoms with Gasteiger partial charge in [0.1, 0.15) is 15.9 Å². The molecular formula is C14H16ClN5O2S. The quantitative estimate of drug-likeness (QED) is 0.758. The molecule has 1 saturated carbocycles. The molecule has 2 fully saturated rings. The topological polar surface area (TPSA) is 107 Å². The van der Waals surface area contributed by atoms with Crippen molar-refractivity contribution in [1.82, 2.24) is 15.6 Å². The van der Waals surface area contributed by atoms with Crippen LogP contribution in [0.1, 0.15) is 38.3 Å². The largest absolute Gasteiger partial charge is 0.359 e. The lowest BCUT2D eigenvalue weighted by atomic mass is 9.86. The first-order valence-corrected chi connectivity index (χ1v) is 8.54. The fourth-order valence-electron chi connectivity index (χ4n) is 2.77. The fraction of sp³-hybridized carbons (Fsp3) is 0.571. The van der Waals surface area contributed by atoms with Crippen molar-refractivity contribution in [2.45, 2.75) is 50.2 Å². The van der Waals surface area contributed by atoms with E-state index in [-0.39, 0.29) is 29.6 Å². The lowest BCUT2D eigenvalue weighted by molar-refractivity contribution is -0.130. The highest BCUT2D eigenvalue weighted by atomic mass is 35.5. The Morgan fingerprint density at radius 1 is 1.52 bits per heavy atom. The minimum Gasteiger partial charge on any atom is -0.359 e. The zero-order valence-corrected chi connectivity index (χ0v) is 14.1.